The van der Waals surface area contributed by atoms with Crippen LogP contribution in [0, 0.1) is 0 Å². The molecule has 0 radical (unpaired) electrons. The molecule has 1 saturated heterocycles. The Kier molecular flexibility index (Phi) is 5.00. The fraction of sp³-hybridized carbons (Fsp3) is 1.00. The summed E-state index contributed by atoms with van der Waals surface area (Å²) in [4.78, 5) is 0. The van der Waals surface area contributed by atoms with Gasteiger partial charge >= 0.3 is 8.80 Å². The minimum absolute atomic E-state index is 0.304. The molecule has 5 nitrogen and oxygen atoms in total. The van der Waals surface area contributed by atoms with Crippen LogP contribution >= 0.6 is 0 Å². The molecule has 84 valence electrons. The Hall–Kier alpha value is 0.0169. The highest BCUT2D eigenvalue weighted by Gasteiger charge is 2.37. The molecule has 0 aromatic rings. The zero-order chi connectivity index (χ0) is 10.4. The fourth-order valence-electron chi connectivity index (χ4n) is 1.13. The van der Waals surface area contributed by atoms with Crippen LogP contribution in [0.25, 0.3) is 0 Å². The quantitative estimate of drug-likeness (QED) is 0.335. The summed E-state index contributed by atoms with van der Waals surface area (Å²) in [6, 6.07) is 0.670. The molecular formula is C8H18O5Si. The number of hydrogen-bond donors (Lipinski definition) is 0. The maximum Gasteiger partial charge on any atom is 0.502 e. The van der Waals surface area contributed by atoms with E-state index in [0.29, 0.717) is 25.4 Å². The topological polar surface area (TPSA) is 49.5 Å². The standard InChI is InChI=1S/C8H18O5Si/c1-9-14(10-2,11-3)5-4-12-6-8-7-13-8/h8H,4-7H2,1-3H3. The molecule has 0 aromatic heterocycles. The Morgan fingerprint density at radius 1 is 1.21 bits per heavy atom. The predicted molar refractivity (Wildman–Crippen MR) is 52.1 cm³/mol. The average Bonchev–Trinajstić information content (AvgIpc) is 3.03. The van der Waals surface area contributed by atoms with Crippen LogP contribution < -0.4 is 0 Å². The van der Waals surface area contributed by atoms with Gasteiger partial charge < -0.3 is 22.8 Å². The van der Waals surface area contributed by atoms with Gasteiger partial charge in [-0.05, 0) is 0 Å². The van der Waals surface area contributed by atoms with Gasteiger partial charge in [0.2, 0.25) is 0 Å². The molecule has 1 aliphatic heterocycles. The first-order valence-electron chi connectivity index (χ1n) is 4.61. The van der Waals surface area contributed by atoms with Gasteiger partial charge in [0.1, 0.15) is 6.10 Å². The van der Waals surface area contributed by atoms with E-state index in [1.807, 2.05) is 0 Å². The molecule has 0 spiro atoms. The van der Waals surface area contributed by atoms with Gasteiger partial charge in [-0.3, -0.25) is 0 Å². The third-order valence-corrected chi connectivity index (χ3v) is 4.87. The lowest BCUT2D eigenvalue weighted by atomic mass is 10.5. The Labute approximate surface area is 85.6 Å². The zero-order valence-corrected chi connectivity index (χ0v) is 9.95. The van der Waals surface area contributed by atoms with Gasteiger partial charge in [-0.1, -0.05) is 0 Å². The molecule has 1 fully saturated rings. The van der Waals surface area contributed by atoms with E-state index in [-0.39, 0.29) is 0 Å². The van der Waals surface area contributed by atoms with Crippen molar-refractivity contribution in [1.82, 2.24) is 0 Å². The van der Waals surface area contributed by atoms with Gasteiger partial charge in [0.15, 0.2) is 0 Å². The van der Waals surface area contributed by atoms with Crippen molar-refractivity contribution in [2.45, 2.75) is 12.1 Å². The molecule has 14 heavy (non-hydrogen) atoms. The lowest BCUT2D eigenvalue weighted by molar-refractivity contribution is 0.0890. The summed E-state index contributed by atoms with van der Waals surface area (Å²) in [7, 11) is 2.37. The van der Waals surface area contributed by atoms with Gasteiger partial charge in [0.25, 0.3) is 0 Å². The van der Waals surface area contributed by atoms with Crippen molar-refractivity contribution >= 4 is 8.80 Å². The summed E-state index contributed by atoms with van der Waals surface area (Å²) in [5.41, 5.74) is 0. The molecule has 1 heterocycles. The highest BCUT2D eigenvalue weighted by Crippen LogP contribution is 2.14. The lowest BCUT2D eigenvalue weighted by Crippen LogP contribution is -2.43. The van der Waals surface area contributed by atoms with Gasteiger partial charge in [-0.2, -0.15) is 0 Å². The van der Waals surface area contributed by atoms with Crippen LogP contribution in [0.4, 0.5) is 0 Å². The third-order valence-electron chi connectivity index (χ3n) is 2.19. The van der Waals surface area contributed by atoms with E-state index in [4.69, 9.17) is 22.8 Å². The largest absolute Gasteiger partial charge is 0.502 e. The Morgan fingerprint density at radius 3 is 2.21 bits per heavy atom. The van der Waals surface area contributed by atoms with E-state index >= 15 is 0 Å². The van der Waals surface area contributed by atoms with E-state index in [1.54, 1.807) is 21.3 Å². The molecule has 0 aliphatic carbocycles. The number of rotatable bonds is 8. The SMILES string of the molecule is CO[Si](CCOCC1CO1)(OC)OC. The highest BCUT2D eigenvalue weighted by molar-refractivity contribution is 6.60. The van der Waals surface area contributed by atoms with Crippen LogP contribution in [-0.4, -0.2) is 56.1 Å². The van der Waals surface area contributed by atoms with Gasteiger partial charge in [-0.25, -0.2) is 0 Å². The molecule has 0 bridgehead atoms. The van der Waals surface area contributed by atoms with Crippen molar-refractivity contribution in [2.24, 2.45) is 0 Å². The molecular weight excluding hydrogens is 204 g/mol. The first-order valence-corrected chi connectivity index (χ1v) is 6.54. The van der Waals surface area contributed by atoms with Crippen LogP contribution in [0.15, 0.2) is 0 Å². The van der Waals surface area contributed by atoms with E-state index < -0.39 is 8.80 Å². The van der Waals surface area contributed by atoms with E-state index in [0.717, 1.165) is 6.61 Å². The first kappa shape index (κ1) is 12.1. The smallest absolute Gasteiger partial charge is 0.379 e. The third kappa shape index (κ3) is 3.64. The molecule has 1 unspecified atom stereocenters. The molecule has 6 heteroatoms. The maximum absolute atomic E-state index is 5.39. The van der Waals surface area contributed by atoms with Gasteiger partial charge in [0, 0.05) is 27.4 Å². The molecule has 0 N–H and O–H groups in total. The van der Waals surface area contributed by atoms with Crippen LogP contribution in [0.2, 0.25) is 6.04 Å². The summed E-state index contributed by atoms with van der Waals surface area (Å²) >= 11 is 0. The van der Waals surface area contributed by atoms with Crippen molar-refractivity contribution in [3.8, 4) is 0 Å². The summed E-state index contributed by atoms with van der Waals surface area (Å²) in [6.07, 6.45) is 0.304. The lowest BCUT2D eigenvalue weighted by Gasteiger charge is -2.23. The first-order chi connectivity index (χ1) is 6.76. The fourth-order valence-corrected chi connectivity index (χ4v) is 2.64. The second kappa shape index (κ2) is 5.79. The zero-order valence-electron chi connectivity index (χ0n) is 8.95. The van der Waals surface area contributed by atoms with Crippen LogP contribution in [-0.2, 0) is 22.8 Å². The molecule has 0 amide bonds. The summed E-state index contributed by atoms with van der Waals surface area (Å²) in [5.74, 6) is 0. The maximum atomic E-state index is 5.39. The van der Waals surface area contributed by atoms with E-state index in [2.05, 4.69) is 0 Å². The Morgan fingerprint density at radius 2 is 1.79 bits per heavy atom. The summed E-state index contributed by atoms with van der Waals surface area (Å²) in [5, 5.41) is 0. The van der Waals surface area contributed by atoms with Crippen LogP contribution in [0.3, 0.4) is 0 Å². The number of ether oxygens (including phenoxy) is 2. The van der Waals surface area contributed by atoms with Crippen LogP contribution in [0.1, 0.15) is 0 Å². The molecule has 1 atom stereocenters. The second-order valence-corrected chi connectivity index (χ2v) is 6.17. The molecule has 1 aliphatic rings. The molecule has 0 aromatic carbocycles. The predicted octanol–water partition coefficient (Wildman–Crippen LogP) is 0.280. The van der Waals surface area contributed by atoms with Crippen molar-refractivity contribution < 1.29 is 22.8 Å². The van der Waals surface area contributed by atoms with Gasteiger partial charge in [0.05, 0.1) is 19.8 Å². The Bertz CT molecular complexity index is 150. The number of epoxide rings is 1. The minimum Gasteiger partial charge on any atom is -0.379 e. The van der Waals surface area contributed by atoms with Crippen molar-refractivity contribution in [3.05, 3.63) is 0 Å². The van der Waals surface area contributed by atoms with Crippen molar-refractivity contribution in [2.75, 3.05) is 41.2 Å². The molecule has 0 saturated carbocycles. The highest BCUT2D eigenvalue weighted by atomic mass is 28.4. The van der Waals surface area contributed by atoms with Crippen molar-refractivity contribution in [3.63, 3.8) is 0 Å². The van der Waals surface area contributed by atoms with Gasteiger partial charge in [-0.15, -0.1) is 0 Å². The van der Waals surface area contributed by atoms with Crippen molar-refractivity contribution in [1.29, 1.82) is 0 Å². The van der Waals surface area contributed by atoms with E-state index in [1.165, 1.54) is 0 Å². The van der Waals surface area contributed by atoms with E-state index in [9.17, 15) is 0 Å². The average molecular weight is 222 g/mol. The summed E-state index contributed by atoms with van der Waals surface area (Å²) < 4.78 is 26.1. The number of hydrogen-bond acceptors (Lipinski definition) is 5. The Balaban J connectivity index is 2.11. The second-order valence-electron chi connectivity index (χ2n) is 3.08. The monoisotopic (exact) mass is 222 g/mol. The van der Waals surface area contributed by atoms with Crippen LogP contribution in [0.5, 0.6) is 0 Å². The normalized spacial score (nSPS) is 21.2. The summed E-state index contributed by atoms with van der Waals surface area (Å²) in [6.45, 7) is 2.06. The minimum atomic E-state index is -2.43. The molecule has 1 rings (SSSR count).